The van der Waals surface area contributed by atoms with Crippen molar-refractivity contribution in [2.45, 2.75) is 25.1 Å². The van der Waals surface area contributed by atoms with Gasteiger partial charge in [0.2, 0.25) is 0 Å². The molecule has 2 heterocycles. The SMILES string of the molecule is CC(C)(Cn1c(=S)[nH]c2cc(Br)cnc21)S(C)(=O)=O. The fourth-order valence-electron chi connectivity index (χ4n) is 1.66. The van der Waals surface area contributed by atoms with Crippen LogP contribution < -0.4 is 0 Å². The lowest BCUT2D eigenvalue weighted by atomic mass is 10.2. The maximum Gasteiger partial charge on any atom is 0.179 e. The van der Waals surface area contributed by atoms with Crippen LogP contribution in [0, 0.1) is 4.77 Å². The van der Waals surface area contributed by atoms with Gasteiger partial charge in [0, 0.05) is 23.5 Å². The van der Waals surface area contributed by atoms with E-state index in [1.165, 1.54) is 6.26 Å². The van der Waals surface area contributed by atoms with E-state index in [1.54, 1.807) is 24.6 Å². The van der Waals surface area contributed by atoms with Crippen molar-refractivity contribution in [3.63, 3.8) is 0 Å². The average Bonchev–Trinajstić information content (AvgIpc) is 2.52. The summed E-state index contributed by atoms with van der Waals surface area (Å²) in [6, 6.07) is 1.86. The molecule has 1 N–H and O–H groups in total. The second-order valence-corrected chi connectivity index (χ2v) is 9.02. The molecule has 0 saturated carbocycles. The summed E-state index contributed by atoms with van der Waals surface area (Å²) in [4.78, 5) is 7.32. The van der Waals surface area contributed by atoms with Crippen LogP contribution in [-0.2, 0) is 16.4 Å². The first kappa shape index (κ1) is 14.7. The summed E-state index contributed by atoms with van der Waals surface area (Å²) < 4.78 is 25.7. The Balaban J connectivity index is 2.59. The summed E-state index contributed by atoms with van der Waals surface area (Å²) in [5, 5.41) is 0. The van der Waals surface area contributed by atoms with Crippen molar-refractivity contribution in [3.05, 3.63) is 21.5 Å². The van der Waals surface area contributed by atoms with Gasteiger partial charge in [-0.1, -0.05) is 0 Å². The van der Waals surface area contributed by atoms with Crippen LogP contribution in [-0.4, -0.2) is 34.0 Å². The van der Waals surface area contributed by atoms with Crippen LogP contribution in [0.2, 0.25) is 0 Å². The highest BCUT2D eigenvalue weighted by molar-refractivity contribution is 9.10. The fourth-order valence-corrected chi connectivity index (χ4v) is 2.62. The molecular weight excluding hydrogens is 350 g/mol. The number of sulfone groups is 1. The van der Waals surface area contributed by atoms with Gasteiger partial charge in [0.25, 0.3) is 0 Å². The minimum atomic E-state index is -3.19. The Kier molecular flexibility index (Phi) is 3.61. The highest BCUT2D eigenvalue weighted by atomic mass is 79.9. The number of imidazole rings is 1. The van der Waals surface area contributed by atoms with Crippen molar-refractivity contribution in [1.82, 2.24) is 14.5 Å². The molecule has 0 aliphatic heterocycles. The zero-order valence-electron chi connectivity index (χ0n) is 10.8. The smallest absolute Gasteiger partial charge is 0.179 e. The molecule has 0 aliphatic carbocycles. The second-order valence-electron chi connectivity index (χ2n) is 5.07. The van der Waals surface area contributed by atoms with E-state index in [2.05, 4.69) is 25.9 Å². The summed E-state index contributed by atoms with van der Waals surface area (Å²) >= 11 is 8.58. The summed E-state index contributed by atoms with van der Waals surface area (Å²) in [5.41, 5.74) is 1.44. The first-order chi connectivity index (χ1) is 8.62. The quantitative estimate of drug-likeness (QED) is 0.851. The second kappa shape index (κ2) is 4.68. The van der Waals surface area contributed by atoms with Gasteiger partial charge in [0.1, 0.15) is 0 Å². The molecule has 0 aliphatic rings. The van der Waals surface area contributed by atoms with Gasteiger partial charge >= 0.3 is 0 Å². The van der Waals surface area contributed by atoms with Crippen LogP contribution in [0.4, 0.5) is 0 Å². The van der Waals surface area contributed by atoms with Gasteiger partial charge in [-0.05, 0) is 48.1 Å². The maximum absolute atomic E-state index is 11.8. The molecule has 0 saturated heterocycles. The molecule has 0 spiro atoms. The minimum absolute atomic E-state index is 0.263. The number of nitrogens with zero attached hydrogens (tertiary/aromatic N) is 2. The lowest BCUT2D eigenvalue weighted by molar-refractivity contribution is 0.505. The molecule has 2 aromatic heterocycles. The predicted octanol–water partition coefficient (Wildman–Crippen LogP) is 2.68. The summed E-state index contributed by atoms with van der Waals surface area (Å²) in [6.45, 7) is 3.63. The van der Waals surface area contributed by atoms with Crippen LogP contribution in [0.5, 0.6) is 0 Å². The van der Waals surface area contributed by atoms with Gasteiger partial charge in [0.15, 0.2) is 20.3 Å². The molecule has 8 heteroatoms. The zero-order valence-corrected chi connectivity index (χ0v) is 14.0. The van der Waals surface area contributed by atoms with E-state index in [4.69, 9.17) is 12.2 Å². The Bertz CT molecular complexity index is 790. The van der Waals surface area contributed by atoms with Crippen molar-refractivity contribution in [2.75, 3.05) is 6.26 Å². The Labute approximate surface area is 125 Å². The Morgan fingerprint density at radius 3 is 2.74 bits per heavy atom. The summed E-state index contributed by atoms with van der Waals surface area (Å²) in [6.07, 6.45) is 2.89. The van der Waals surface area contributed by atoms with Crippen molar-refractivity contribution < 1.29 is 8.42 Å². The molecule has 0 amide bonds. The highest BCUT2D eigenvalue weighted by Gasteiger charge is 2.31. The highest BCUT2D eigenvalue weighted by Crippen LogP contribution is 2.22. The fraction of sp³-hybridized carbons (Fsp3) is 0.455. The monoisotopic (exact) mass is 363 g/mol. The number of halogens is 1. The Morgan fingerprint density at radius 1 is 1.53 bits per heavy atom. The van der Waals surface area contributed by atoms with Crippen molar-refractivity contribution >= 4 is 49.1 Å². The van der Waals surface area contributed by atoms with Crippen molar-refractivity contribution in [2.24, 2.45) is 0 Å². The zero-order chi connectivity index (χ0) is 14.4. The number of fused-ring (bicyclic) bond motifs is 1. The van der Waals surface area contributed by atoms with Crippen LogP contribution in [0.3, 0.4) is 0 Å². The van der Waals surface area contributed by atoms with Crippen LogP contribution in [0.1, 0.15) is 13.8 Å². The molecule has 2 rings (SSSR count). The lowest BCUT2D eigenvalue weighted by Crippen LogP contribution is -2.35. The van der Waals surface area contributed by atoms with Gasteiger partial charge in [0.05, 0.1) is 10.3 Å². The van der Waals surface area contributed by atoms with E-state index in [0.717, 1.165) is 9.99 Å². The number of hydrogen-bond acceptors (Lipinski definition) is 4. The van der Waals surface area contributed by atoms with Crippen molar-refractivity contribution in [3.8, 4) is 0 Å². The Morgan fingerprint density at radius 2 is 2.16 bits per heavy atom. The number of nitrogens with one attached hydrogen (secondary N) is 1. The van der Waals surface area contributed by atoms with Crippen LogP contribution in [0.15, 0.2) is 16.7 Å². The van der Waals surface area contributed by atoms with E-state index >= 15 is 0 Å². The number of aromatic amines is 1. The minimum Gasteiger partial charge on any atom is -0.329 e. The molecule has 104 valence electrons. The normalized spacial score (nSPS) is 13.1. The molecular formula is C11H14BrN3O2S2. The summed E-state index contributed by atoms with van der Waals surface area (Å²) in [5.74, 6) is 0. The van der Waals surface area contributed by atoms with E-state index in [1.807, 2.05) is 6.07 Å². The standard InChI is InChI=1S/C11H14BrN3O2S2/c1-11(2,19(3,16)17)6-15-9-8(14-10(15)18)4-7(12)5-13-9/h4-5H,6H2,1-3H3,(H,14,18). The number of hydrogen-bond donors (Lipinski definition) is 1. The van der Waals surface area contributed by atoms with Crippen LogP contribution >= 0.6 is 28.1 Å². The van der Waals surface area contributed by atoms with E-state index in [-0.39, 0.29) is 6.54 Å². The molecule has 2 aromatic rings. The maximum atomic E-state index is 11.8. The van der Waals surface area contributed by atoms with Gasteiger partial charge in [-0.15, -0.1) is 0 Å². The molecule has 19 heavy (non-hydrogen) atoms. The van der Waals surface area contributed by atoms with Crippen molar-refractivity contribution in [1.29, 1.82) is 0 Å². The molecule has 0 radical (unpaired) electrons. The van der Waals surface area contributed by atoms with Gasteiger partial charge < -0.3 is 4.98 Å². The first-order valence-electron chi connectivity index (χ1n) is 5.55. The number of aromatic nitrogens is 3. The van der Waals surface area contributed by atoms with E-state index in [9.17, 15) is 8.42 Å². The number of H-pyrrole nitrogens is 1. The predicted molar refractivity (Wildman–Crippen MR) is 81.5 cm³/mol. The average molecular weight is 364 g/mol. The molecule has 0 fully saturated rings. The van der Waals surface area contributed by atoms with Crippen LogP contribution in [0.25, 0.3) is 11.2 Å². The third-order valence-corrected chi connectivity index (χ3v) is 6.01. The first-order valence-corrected chi connectivity index (χ1v) is 8.65. The topological polar surface area (TPSA) is 67.8 Å². The van der Waals surface area contributed by atoms with Gasteiger partial charge in [-0.3, -0.25) is 4.57 Å². The molecule has 5 nitrogen and oxygen atoms in total. The summed E-state index contributed by atoms with van der Waals surface area (Å²) in [7, 11) is -3.19. The Hall–Kier alpha value is -0.730. The third kappa shape index (κ3) is 2.75. The molecule has 0 bridgehead atoms. The molecule has 0 aromatic carbocycles. The van der Waals surface area contributed by atoms with E-state index < -0.39 is 14.6 Å². The number of rotatable bonds is 3. The molecule has 0 atom stereocenters. The third-order valence-electron chi connectivity index (χ3n) is 3.12. The number of pyridine rings is 1. The largest absolute Gasteiger partial charge is 0.329 e. The lowest BCUT2D eigenvalue weighted by Gasteiger charge is -2.22. The molecule has 0 unspecified atom stereocenters. The van der Waals surface area contributed by atoms with Gasteiger partial charge in [-0.2, -0.15) is 0 Å². The van der Waals surface area contributed by atoms with Gasteiger partial charge in [-0.25, -0.2) is 13.4 Å². The van der Waals surface area contributed by atoms with E-state index in [0.29, 0.717) is 10.4 Å².